The van der Waals surface area contributed by atoms with Crippen LogP contribution in [-0.2, 0) is 17.8 Å². The van der Waals surface area contributed by atoms with Crippen LogP contribution in [0.4, 0.5) is 4.79 Å². The van der Waals surface area contributed by atoms with E-state index in [9.17, 15) is 4.79 Å². The molecule has 5 nitrogen and oxygen atoms in total. The van der Waals surface area contributed by atoms with E-state index >= 15 is 0 Å². The lowest BCUT2D eigenvalue weighted by atomic mass is 10.0. The molecule has 1 unspecified atom stereocenters. The molecule has 1 aromatic rings. The summed E-state index contributed by atoms with van der Waals surface area (Å²) in [5.74, 6) is 0. The third kappa shape index (κ3) is 5.19. The minimum atomic E-state index is 0.0870. The number of likely N-dealkylation sites (tertiary alicyclic amines) is 1. The van der Waals surface area contributed by atoms with E-state index in [4.69, 9.17) is 4.74 Å². The summed E-state index contributed by atoms with van der Waals surface area (Å²) in [7, 11) is 0. The maximum absolute atomic E-state index is 12.5. The number of hydrogen-bond acceptors (Lipinski definition) is 3. The van der Waals surface area contributed by atoms with E-state index in [1.165, 1.54) is 12.0 Å². The Morgan fingerprint density at radius 2 is 1.84 bits per heavy atom. The van der Waals surface area contributed by atoms with Crippen LogP contribution < -0.4 is 5.32 Å². The number of hydrogen-bond donors (Lipinski definition) is 1. The predicted octanol–water partition coefficient (Wildman–Crippen LogP) is 2.99. The lowest BCUT2D eigenvalue weighted by Crippen LogP contribution is -2.48. The zero-order valence-electron chi connectivity index (χ0n) is 15.4. The van der Waals surface area contributed by atoms with E-state index < -0.39 is 0 Å². The summed E-state index contributed by atoms with van der Waals surface area (Å²) in [5, 5.41) is 3.09. The number of nitrogens with zero attached hydrogens (tertiary/aromatic N) is 2. The highest BCUT2D eigenvalue weighted by molar-refractivity contribution is 5.74. The number of carbonyl (C=O) groups is 1. The maximum atomic E-state index is 12.5. The molecule has 5 heteroatoms. The molecular formula is C20H31N3O2. The SMILES string of the molecule is CCC1CCCCN1C(=O)NCc1ccc(CN2CCOCC2)cc1. The molecule has 1 aromatic carbocycles. The largest absolute Gasteiger partial charge is 0.379 e. The molecule has 3 rings (SSSR count). The number of morpholine rings is 1. The van der Waals surface area contributed by atoms with Gasteiger partial charge < -0.3 is 15.0 Å². The first-order valence-corrected chi connectivity index (χ1v) is 9.68. The van der Waals surface area contributed by atoms with Crippen molar-refractivity contribution in [1.82, 2.24) is 15.1 Å². The van der Waals surface area contributed by atoms with Crippen molar-refractivity contribution in [3.63, 3.8) is 0 Å². The normalized spacial score (nSPS) is 22.0. The highest BCUT2D eigenvalue weighted by Gasteiger charge is 2.24. The molecule has 138 valence electrons. The minimum Gasteiger partial charge on any atom is -0.379 e. The van der Waals surface area contributed by atoms with E-state index in [2.05, 4.69) is 41.4 Å². The molecule has 2 aliphatic rings. The van der Waals surface area contributed by atoms with Crippen molar-refractivity contribution in [2.75, 3.05) is 32.8 Å². The number of carbonyl (C=O) groups excluding carboxylic acids is 1. The molecule has 1 atom stereocenters. The first-order valence-electron chi connectivity index (χ1n) is 9.68. The lowest BCUT2D eigenvalue weighted by molar-refractivity contribution is 0.0342. The van der Waals surface area contributed by atoms with E-state index in [0.29, 0.717) is 12.6 Å². The van der Waals surface area contributed by atoms with Crippen LogP contribution in [0.2, 0.25) is 0 Å². The zero-order chi connectivity index (χ0) is 17.5. The third-order valence-corrected chi connectivity index (χ3v) is 5.34. The van der Waals surface area contributed by atoms with Crippen molar-refractivity contribution in [2.45, 2.75) is 51.7 Å². The van der Waals surface area contributed by atoms with E-state index in [-0.39, 0.29) is 6.03 Å². The van der Waals surface area contributed by atoms with Gasteiger partial charge in [-0.1, -0.05) is 31.2 Å². The standard InChI is InChI=1S/C20H31N3O2/c1-2-19-5-3-4-10-23(19)20(24)21-15-17-6-8-18(9-7-17)16-22-11-13-25-14-12-22/h6-9,19H,2-5,10-16H2,1H3,(H,21,24). The van der Waals surface area contributed by atoms with Gasteiger partial charge >= 0.3 is 6.03 Å². The molecule has 0 saturated carbocycles. The highest BCUT2D eigenvalue weighted by atomic mass is 16.5. The van der Waals surface area contributed by atoms with E-state index in [1.807, 2.05) is 4.90 Å². The van der Waals surface area contributed by atoms with Gasteiger partial charge in [0.1, 0.15) is 0 Å². The Kier molecular flexibility index (Phi) is 6.70. The first kappa shape index (κ1) is 18.2. The average Bonchev–Trinajstić information content (AvgIpc) is 2.68. The molecule has 1 N–H and O–H groups in total. The third-order valence-electron chi connectivity index (χ3n) is 5.34. The lowest BCUT2D eigenvalue weighted by Gasteiger charge is -2.35. The van der Waals surface area contributed by atoms with Crippen LogP contribution in [0.1, 0.15) is 43.7 Å². The Morgan fingerprint density at radius 3 is 2.56 bits per heavy atom. The Labute approximate surface area is 151 Å². The van der Waals surface area contributed by atoms with Crippen molar-refractivity contribution in [1.29, 1.82) is 0 Å². The molecule has 0 aliphatic carbocycles. The van der Waals surface area contributed by atoms with Crippen LogP contribution in [0.5, 0.6) is 0 Å². The number of benzene rings is 1. The fraction of sp³-hybridized carbons (Fsp3) is 0.650. The molecule has 2 aliphatic heterocycles. The number of ether oxygens (including phenoxy) is 1. The van der Waals surface area contributed by atoms with Gasteiger partial charge in [0.2, 0.25) is 0 Å². The number of rotatable bonds is 5. The zero-order valence-corrected chi connectivity index (χ0v) is 15.4. The van der Waals surface area contributed by atoms with Crippen LogP contribution in [0, 0.1) is 0 Å². The molecular weight excluding hydrogens is 314 g/mol. The fourth-order valence-corrected chi connectivity index (χ4v) is 3.75. The first-order chi connectivity index (χ1) is 12.3. The van der Waals surface area contributed by atoms with Gasteiger partial charge in [0.05, 0.1) is 13.2 Å². The summed E-state index contributed by atoms with van der Waals surface area (Å²) in [4.78, 5) is 16.9. The topological polar surface area (TPSA) is 44.8 Å². The molecule has 25 heavy (non-hydrogen) atoms. The predicted molar refractivity (Wildman–Crippen MR) is 99.4 cm³/mol. The minimum absolute atomic E-state index is 0.0870. The second kappa shape index (κ2) is 9.20. The van der Waals surface area contributed by atoms with Crippen molar-refractivity contribution < 1.29 is 9.53 Å². The van der Waals surface area contributed by atoms with Crippen molar-refractivity contribution >= 4 is 6.03 Å². The molecule has 0 spiro atoms. The van der Waals surface area contributed by atoms with Crippen molar-refractivity contribution in [2.24, 2.45) is 0 Å². The monoisotopic (exact) mass is 345 g/mol. The number of piperidine rings is 1. The molecule has 0 radical (unpaired) electrons. The van der Waals surface area contributed by atoms with Gasteiger partial charge in [-0.05, 0) is 36.8 Å². The number of urea groups is 1. The van der Waals surface area contributed by atoms with Crippen molar-refractivity contribution in [3.8, 4) is 0 Å². The number of nitrogens with one attached hydrogen (secondary N) is 1. The van der Waals surface area contributed by atoms with Crippen LogP contribution >= 0.6 is 0 Å². The number of amides is 2. The summed E-state index contributed by atoms with van der Waals surface area (Å²) in [6.07, 6.45) is 4.55. The van der Waals surface area contributed by atoms with Crippen LogP contribution in [0.15, 0.2) is 24.3 Å². The van der Waals surface area contributed by atoms with Gasteiger partial charge in [-0.25, -0.2) is 4.79 Å². The van der Waals surface area contributed by atoms with Gasteiger partial charge in [-0.3, -0.25) is 4.90 Å². The fourth-order valence-electron chi connectivity index (χ4n) is 3.75. The van der Waals surface area contributed by atoms with Gasteiger partial charge in [-0.15, -0.1) is 0 Å². The van der Waals surface area contributed by atoms with Crippen LogP contribution in [0.3, 0.4) is 0 Å². The highest BCUT2D eigenvalue weighted by Crippen LogP contribution is 2.19. The van der Waals surface area contributed by atoms with Gasteiger partial charge in [0, 0.05) is 38.8 Å². The molecule has 2 fully saturated rings. The molecule has 0 bridgehead atoms. The molecule has 2 heterocycles. The molecule has 2 amide bonds. The van der Waals surface area contributed by atoms with Gasteiger partial charge in [0.15, 0.2) is 0 Å². The van der Waals surface area contributed by atoms with Crippen molar-refractivity contribution in [3.05, 3.63) is 35.4 Å². The second-order valence-corrected chi connectivity index (χ2v) is 7.11. The summed E-state index contributed by atoms with van der Waals surface area (Å²) in [6.45, 7) is 8.31. The van der Waals surface area contributed by atoms with Crippen LogP contribution in [-0.4, -0.2) is 54.7 Å². The smallest absolute Gasteiger partial charge is 0.317 e. The summed E-state index contributed by atoms with van der Waals surface area (Å²) < 4.78 is 5.39. The second-order valence-electron chi connectivity index (χ2n) is 7.11. The molecule has 2 saturated heterocycles. The Bertz CT molecular complexity index is 540. The van der Waals surface area contributed by atoms with Gasteiger partial charge in [-0.2, -0.15) is 0 Å². The summed E-state index contributed by atoms with van der Waals surface area (Å²) in [5.41, 5.74) is 2.48. The summed E-state index contributed by atoms with van der Waals surface area (Å²) >= 11 is 0. The van der Waals surface area contributed by atoms with Crippen LogP contribution in [0.25, 0.3) is 0 Å². The van der Waals surface area contributed by atoms with E-state index in [0.717, 1.165) is 64.2 Å². The Balaban J connectivity index is 1.47. The quantitative estimate of drug-likeness (QED) is 0.892. The Hall–Kier alpha value is -1.59. The Morgan fingerprint density at radius 1 is 1.12 bits per heavy atom. The molecule has 0 aromatic heterocycles. The van der Waals surface area contributed by atoms with Gasteiger partial charge in [0.25, 0.3) is 0 Å². The average molecular weight is 345 g/mol. The maximum Gasteiger partial charge on any atom is 0.317 e. The van der Waals surface area contributed by atoms with E-state index in [1.54, 1.807) is 0 Å². The summed E-state index contributed by atoms with van der Waals surface area (Å²) in [6, 6.07) is 9.10.